The van der Waals surface area contributed by atoms with Crippen molar-refractivity contribution in [2.45, 2.75) is 44.6 Å². The van der Waals surface area contributed by atoms with Gasteiger partial charge in [0.05, 0.1) is 6.04 Å². The molecule has 0 aromatic heterocycles. The van der Waals surface area contributed by atoms with Crippen molar-refractivity contribution in [2.24, 2.45) is 11.7 Å². The fourth-order valence-corrected chi connectivity index (χ4v) is 4.24. The van der Waals surface area contributed by atoms with Gasteiger partial charge in [0.1, 0.15) is 11.4 Å². The summed E-state index contributed by atoms with van der Waals surface area (Å²) in [6.07, 6.45) is 1.74. The van der Waals surface area contributed by atoms with Crippen molar-refractivity contribution in [3.63, 3.8) is 0 Å². The van der Waals surface area contributed by atoms with E-state index in [-0.39, 0.29) is 17.4 Å². The quantitative estimate of drug-likeness (QED) is 0.325. The molecular formula is C17H29BN4O4. The maximum absolute atomic E-state index is 12.3. The van der Waals surface area contributed by atoms with Crippen LogP contribution in [0.2, 0.25) is 6.32 Å². The molecule has 0 radical (unpaired) electrons. The number of anilines is 2. The van der Waals surface area contributed by atoms with E-state index in [4.69, 9.17) is 15.8 Å². The van der Waals surface area contributed by atoms with Crippen LogP contribution in [0.25, 0.3) is 0 Å². The topological polar surface area (TPSA) is 119 Å². The Hall–Kier alpha value is -1.42. The lowest BCUT2D eigenvalue weighted by molar-refractivity contribution is 0.343. The molecule has 5 N–H and O–H groups in total. The molecule has 2 aliphatic heterocycles. The average Bonchev–Trinajstić information content (AvgIpc) is 2.81. The monoisotopic (exact) mass is 364 g/mol. The van der Waals surface area contributed by atoms with Gasteiger partial charge in [-0.15, -0.1) is 0 Å². The van der Waals surface area contributed by atoms with Crippen molar-refractivity contribution in [3.8, 4) is 0 Å². The zero-order valence-corrected chi connectivity index (χ0v) is 15.6. The Kier molecular flexibility index (Phi) is 5.44. The molecule has 26 heavy (non-hydrogen) atoms. The molecule has 0 unspecified atom stereocenters. The van der Waals surface area contributed by atoms with Crippen LogP contribution >= 0.6 is 0 Å². The third-order valence-corrected chi connectivity index (χ3v) is 5.93. The van der Waals surface area contributed by atoms with Gasteiger partial charge < -0.3 is 30.9 Å². The Labute approximate surface area is 153 Å². The summed E-state index contributed by atoms with van der Waals surface area (Å²) in [5.74, 6) is 0.138. The highest BCUT2D eigenvalue weighted by Gasteiger charge is 2.44. The van der Waals surface area contributed by atoms with Gasteiger partial charge in [-0.05, 0) is 32.5 Å². The molecule has 2 heterocycles. The first kappa shape index (κ1) is 19.3. The predicted octanol–water partition coefficient (Wildman–Crippen LogP) is -1.51. The van der Waals surface area contributed by atoms with Crippen LogP contribution in [0.4, 0.5) is 11.4 Å². The fraction of sp³-hybridized carbons (Fsp3) is 0.765. The van der Waals surface area contributed by atoms with E-state index in [0.29, 0.717) is 43.8 Å². The molecule has 0 spiro atoms. The van der Waals surface area contributed by atoms with Gasteiger partial charge in [0.2, 0.25) is 0 Å². The summed E-state index contributed by atoms with van der Waals surface area (Å²) in [6.45, 7) is 7.45. The van der Waals surface area contributed by atoms with Gasteiger partial charge in [-0.3, -0.25) is 9.59 Å². The Morgan fingerprint density at radius 2 is 2.04 bits per heavy atom. The molecule has 8 nitrogen and oxygen atoms in total. The lowest BCUT2D eigenvalue weighted by atomic mass is 9.79. The average molecular weight is 364 g/mol. The summed E-state index contributed by atoms with van der Waals surface area (Å²) in [7, 11) is -1.30. The van der Waals surface area contributed by atoms with Gasteiger partial charge >= 0.3 is 7.12 Å². The molecule has 3 rings (SSSR count). The van der Waals surface area contributed by atoms with Crippen molar-refractivity contribution >= 4 is 18.5 Å². The molecule has 0 saturated carbocycles. The van der Waals surface area contributed by atoms with Crippen molar-refractivity contribution in [3.05, 3.63) is 20.4 Å². The summed E-state index contributed by atoms with van der Waals surface area (Å²) < 4.78 is 0. The summed E-state index contributed by atoms with van der Waals surface area (Å²) in [4.78, 5) is 28.6. The summed E-state index contributed by atoms with van der Waals surface area (Å²) in [5.41, 5.74) is 6.26. The SMILES string of the molecule is CCN(c1c(N2C[C@H](CCCB(O)O)[C@@](C)(N)C2)c(=O)c1=O)C1CNC1. The third kappa shape index (κ3) is 3.41. The number of hydrogen-bond donors (Lipinski definition) is 4. The second kappa shape index (κ2) is 7.30. The molecule has 2 atom stereocenters. The van der Waals surface area contributed by atoms with Crippen molar-refractivity contribution in [2.75, 3.05) is 42.5 Å². The van der Waals surface area contributed by atoms with E-state index >= 15 is 0 Å². The maximum Gasteiger partial charge on any atom is 0.451 e. The molecular weight excluding hydrogens is 335 g/mol. The standard InChI is InChI=1S/C17H29BN4O4/c1-3-22(12-7-20-8-12)14-13(15(23)16(14)24)21-9-11(17(2,19)10-21)5-4-6-18(25)26/h11-12,20,25-26H,3-10,19H2,1-2H3/t11-,17-/m0/s1. The smallest absolute Gasteiger partial charge is 0.427 e. The summed E-state index contributed by atoms with van der Waals surface area (Å²) >= 11 is 0. The lowest BCUT2D eigenvalue weighted by Crippen LogP contribution is -2.60. The highest BCUT2D eigenvalue weighted by atomic mass is 16.4. The van der Waals surface area contributed by atoms with Crippen LogP contribution in [0.5, 0.6) is 0 Å². The van der Waals surface area contributed by atoms with Crippen molar-refractivity contribution < 1.29 is 10.0 Å². The highest BCUT2D eigenvalue weighted by Crippen LogP contribution is 2.36. The van der Waals surface area contributed by atoms with Crippen LogP contribution in [-0.2, 0) is 0 Å². The minimum Gasteiger partial charge on any atom is -0.427 e. The third-order valence-electron chi connectivity index (χ3n) is 5.93. The van der Waals surface area contributed by atoms with Crippen LogP contribution in [0.1, 0.15) is 26.7 Å². The lowest BCUT2D eigenvalue weighted by Gasteiger charge is -2.41. The predicted molar refractivity (Wildman–Crippen MR) is 104 cm³/mol. The van der Waals surface area contributed by atoms with Gasteiger partial charge in [0.25, 0.3) is 10.9 Å². The van der Waals surface area contributed by atoms with E-state index in [0.717, 1.165) is 19.5 Å². The van der Waals surface area contributed by atoms with Gasteiger partial charge in [-0.1, -0.05) is 6.42 Å². The Bertz CT molecular complexity index is 712. The summed E-state index contributed by atoms with van der Waals surface area (Å²) in [5, 5.41) is 21.3. The molecule has 0 aliphatic carbocycles. The van der Waals surface area contributed by atoms with Gasteiger partial charge in [0, 0.05) is 38.3 Å². The van der Waals surface area contributed by atoms with E-state index in [1.54, 1.807) is 0 Å². The van der Waals surface area contributed by atoms with E-state index in [1.165, 1.54) is 0 Å². The first-order valence-corrected chi connectivity index (χ1v) is 9.47. The van der Waals surface area contributed by atoms with E-state index in [2.05, 4.69) is 5.32 Å². The fourth-order valence-electron chi connectivity index (χ4n) is 4.24. The number of rotatable bonds is 8. The molecule has 2 saturated heterocycles. The number of nitrogens with one attached hydrogen (secondary N) is 1. The molecule has 1 aromatic rings. The molecule has 1 aromatic carbocycles. The Balaban J connectivity index is 1.77. The number of hydrogen-bond acceptors (Lipinski definition) is 8. The largest absolute Gasteiger partial charge is 0.451 e. The van der Waals surface area contributed by atoms with Crippen LogP contribution in [0.15, 0.2) is 9.59 Å². The first-order valence-electron chi connectivity index (χ1n) is 9.47. The molecule has 0 bridgehead atoms. The molecule has 9 heteroatoms. The normalized spacial score (nSPS) is 26.3. The zero-order chi connectivity index (χ0) is 19.1. The molecule has 2 aliphatic rings. The molecule has 2 fully saturated rings. The van der Waals surface area contributed by atoms with E-state index < -0.39 is 18.1 Å². The minimum absolute atomic E-state index is 0.138. The second-order valence-electron chi connectivity index (χ2n) is 7.95. The van der Waals surface area contributed by atoms with E-state index in [9.17, 15) is 9.59 Å². The molecule has 144 valence electrons. The Morgan fingerprint density at radius 1 is 1.35 bits per heavy atom. The van der Waals surface area contributed by atoms with Gasteiger partial charge in [0.15, 0.2) is 0 Å². The number of likely N-dealkylation sites (N-methyl/N-ethyl adjacent to an activating group) is 1. The minimum atomic E-state index is -1.30. The van der Waals surface area contributed by atoms with Gasteiger partial charge in [-0.2, -0.15) is 0 Å². The highest BCUT2D eigenvalue weighted by molar-refractivity contribution is 6.40. The van der Waals surface area contributed by atoms with Crippen LogP contribution in [0, 0.1) is 5.92 Å². The van der Waals surface area contributed by atoms with E-state index in [1.807, 2.05) is 23.6 Å². The number of nitrogens with two attached hydrogens (primary N) is 1. The van der Waals surface area contributed by atoms with Crippen molar-refractivity contribution in [1.82, 2.24) is 5.32 Å². The van der Waals surface area contributed by atoms with Gasteiger partial charge in [-0.25, -0.2) is 0 Å². The number of nitrogens with zero attached hydrogens (tertiary/aromatic N) is 2. The Morgan fingerprint density at radius 3 is 2.58 bits per heavy atom. The molecule has 0 amide bonds. The zero-order valence-electron chi connectivity index (χ0n) is 15.6. The van der Waals surface area contributed by atoms with Crippen LogP contribution < -0.4 is 31.7 Å². The first-order chi connectivity index (χ1) is 12.3. The van der Waals surface area contributed by atoms with Crippen LogP contribution in [0.3, 0.4) is 0 Å². The maximum atomic E-state index is 12.3. The van der Waals surface area contributed by atoms with Crippen LogP contribution in [-0.4, -0.2) is 61.5 Å². The van der Waals surface area contributed by atoms with Crippen molar-refractivity contribution in [1.29, 1.82) is 0 Å². The second-order valence-corrected chi connectivity index (χ2v) is 7.95. The summed E-state index contributed by atoms with van der Waals surface area (Å²) in [6, 6.07) is 0.260.